The maximum absolute atomic E-state index is 12.8. The second-order valence-corrected chi connectivity index (χ2v) is 7.14. The number of hydrogen-bond donors (Lipinski definition) is 0. The monoisotopic (exact) mass is 343 g/mol. The number of aromatic nitrogens is 2. The first-order valence-corrected chi connectivity index (χ1v) is 8.18. The van der Waals surface area contributed by atoms with E-state index in [4.69, 9.17) is 4.74 Å². The van der Waals surface area contributed by atoms with Crippen LogP contribution in [0.1, 0.15) is 43.9 Å². The zero-order valence-corrected chi connectivity index (χ0v) is 14.8. The quantitative estimate of drug-likeness (QED) is 0.743. The molecular formula is C18H21N3O4. The zero-order valence-electron chi connectivity index (χ0n) is 14.8. The maximum Gasteiger partial charge on any atom is 0.410 e. The molecule has 25 heavy (non-hydrogen) atoms. The van der Waals surface area contributed by atoms with Crippen LogP contribution in [-0.4, -0.2) is 38.5 Å². The molecule has 0 saturated carbocycles. The van der Waals surface area contributed by atoms with E-state index in [0.29, 0.717) is 35.4 Å². The van der Waals surface area contributed by atoms with Gasteiger partial charge >= 0.3 is 6.09 Å². The van der Waals surface area contributed by atoms with Crippen LogP contribution in [0.3, 0.4) is 0 Å². The first kappa shape index (κ1) is 17.1. The smallest absolute Gasteiger partial charge is 0.410 e. The third kappa shape index (κ3) is 3.26. The van der Waals surface area contributed by atoms with Crippen molar-refractivity contribution in [3.05, 3.63) is 39.9 Å². The number of rotatable bonds is 1. The Hall–Kier alpha value is -2.70. The van der Waals surface area contributed by atoms with Crippen LogP contribution >= 0.6 is 0 Å². The molecule has 7 heteroatoms. The molecule has 1 aliphatic rings. The summed E-state index contributed by atoms with van der Waals surface area (Å²) in [5.41, 5.74) is 0.0194. The Morgan fingerprint density at radius 1 is 1.20 bits per heavy atom. The number of benzene rings is 1. The van der Waals surface area contributed by atoms with Crippen molar-refractivity contribution < 1.29 is 14.3 Å². The lowest BCUT2D eigenvalue weighted by Gasteiger charge is -2.31. The molecule has 0 atom stereocenters. The van der Waals surface area contributed by atoms with Crippen molar-refractivity contribution in [1.29, 1.82) is 0 Å². The zero-order chi connectivity index (χ0) is 18.4. The standard InChI is InChI=1S/C18H21N3O4/c1-11(22)12-6-5-7-13-15(12)16(23)21-9-8-20(10-14(21)19-13)17(24)25-18(2,3)4/h5-7H,8-10H2,1-4H3. The number of carbonyl (C=O) groups is 2. The van der Waals surface area contributed by atoms with Crippen LogP contribution in [0.5, 0.6) is 0 Å². The van der Waals surface area contributed by atoms with Gasteiger partial charge in [0, 0.05) is 18.7 Å². The van der Waals surface area contributed by atoms with Gasteiger partial charge in [-0.3, -0.25) is 19.1 Å². The van der Waals surface area contributed by atoms with Crippen LogP contribution < -0.4 is 5.56 Å². The number of carbonyl (C=O) groups excluding carboxylic acids is 2. The fourth-order valence-electron chi connectivity index (χ4n) is 2.91. The van der Waals surface area contributed by atoms with Gasteiger partial charge in [0.15, 0.2) is 5.78 Å². The van der Waals surface area contributed by atoms with Gasteiger partial charge in [0.1, 0.15) is 11.4 Å². The fourth-order valence-corrected chi connectivity index (χ4v) is 2.91. The van der Waals surface area contributed by atoms with Gasteiger partial charge in [-0.2, -0.15) is 0 Å². The van der Waals surface area contributed by atoms with Crippen molar-refractivity contribution in [3.8, 4) is 0 Å². The number of fused-ring (bicyclic) bond motifs is 2. The van der Waals surface area contributed by atoms with E-state index in [1.165, 1.54) is 16.4 Å². The SMILES string of the molecule is CC(=O)c1cccc2nc3n(c(=O)c12)CCN(C(=O)OC(C)(C)C)C3. The first-order valence-electron chi connectivity index (χ1n) is 8.18. The summed E-state index contributed by atoms with van der Waals surface area (Å²) in [6, 6.07) is 5.05. The van der Waals surface area contributed by atoms with E-state index in [2.05, 4.69) is 4.98 Å². The molecule has 3 rings (SSSR count). The van der Waals surface area contributed by atoms with Crippen LogP contribution in [-0.2, 0) is 17.8 Å². The van der Waals surface area contributed by atoms with Crippen molar-refractivity contribution in [2.24, 2.45) is 0 Å². The normalized spacial score (nSPS) is 14.3. The van der Waals surface area contributed by atoms with Crippen LogP contribution in [0.4, 0.5) is 4.79 Å². The van der Waals surface area contributed by atoms with E-state index in [1.807, 2.05) is 20.8 Å². The molecule has 1 aromatic heterocycles. The Morgan fingerprint density at radius 3 is 2.56 bits per heavy atom. The van der Waals surface area contributed by atoms with Crippen LogP contribution in [0, 0.1) is 0 Å². The van der Waals surface area contributed by atoms with Crippen molar-refractivity contribution in [2.45, 2.75) is 46.4 Å². The van der Waals surface area contributed by atoms with Gasteiger partial charge in [-0.25, -0.2) is 9.78 Å². The fraction of sp³-hybridized carbons (Fsp3) is 0.444. The highest BCUT2D eigenvalue weighted by molar-refractivity contribution is 6.05. The van der Waals surface area contributed by atoms with Gasteiger partial charge in [0.25, 0.3) is 5.56 Å². The van der Waals surface area contributed by atoms with Gasteiger partial charge in [-0.15, -0.1) is 0 Å². The molecular weight excluding hydrogens is 322 g/mol. The topological polar surface area (TPSA) is 81.5 Å². The minimum absolute atomic E-state index is 0.170. The molecule has 0 spiro atoms. The minimum atomic E-state index is -0.582. The second-order valence-electron chi connectivity index (χ2n) is 7.14. The van der Waals surface area contributed by atoms with Crippen LogP contribution in [0.15, 0.2) is 23.0 Å². The van der Waals surface area contributed by atoms with Crippen LogP contribution in [0.2, 0.25) is 0 Å². The summed E-state index contributed by atoms with van der Waals surface area (Å²) in [7, 11) is 0. The van der Waals surface area contributed by atoms with Gasteiger partial charge in [0.05, 0.1) is 17.4 Å². The molecule has 0 saturated heterocycles. The molecule has 1 amide bonds. The maximum atomic E-state index is 12.8. The molecule has 0 bridgehead atoms. The number of hydrogen-bond acceptors (Lipinski definition) is 5. The van der Waals surface area contributed by atoms with E-state index in [1.54, 1.807) is 18.2 Å². The number of ether oxygens (including phenoxy) is 1. The molecule has 2 heterocycles. The molecule has 0 N–H and O–H groups in total. The minimum Gasteiger partial charge on any atom is -0.444 e. The van der Waals surface area contributed by atoms with Gasteiger partial charge in [0.2, 0.25) is 0 Å². The van der Waals surface area contributed by atoms with Gasteiger partial charge in [-0.1, -0.05) is 12.1 Å². The predicted molar refractivity (Wildman–Crippen MR) is 92.7 cm³/mol. The Labute approximate surface area is 145 Å². The Kier molecular flexibility index (Phi) is 4.10. The van der Waals surface area contributed by atoms with Gasteiger partial charge in [-0.05, 0) is 33.8 Å². The molecule has 1 aromatic carbocycles. The van der Waals surface area contributed by atoms with Crippen LogP contribution in [0.25, 0.3) is 10.9 Å². The summed E-state index contributed by atoms with van der Waals surface area (Å²) in [4.78, 5) is 43.0. The lowest BCUT2D eigenvalue weighted by molar-refractivity contribution is 0.0192. The molecule has 0 unspecified atom stereocenters. The number of nitrogens with zero attached hydrogens (tertiary/aromatic N) is 3. The van der Waals surface area contributed by atoms with E-state index < -0.39 is 11.7 Å². The predicted octanol–water partition coefficient (Wildman–Crippen LogP) is 2.35. The molecule has 1 aliphatic heterocycles. The number of ketones is 1. The third-order valence-electron chi connectivity index (χ3n) is 4.02. The van der Waals surface area contributed by atoms with Crippen molar-refractivity contribution in [2.75, 3.05) is 6.54 Å². The molecule has 2 aromatic rings. The summed E-state index contributed by atoms with van der Waals surface area (Å²) >= 11 is 0. The average molecular weight is 343 g/mol. The molecule has 132 valence electrons. The molecule has 0 aliphatic carbocycles. The average Bonchev–Trinajstić information content (AvgIpc) is 2.52. The summed E-state index contributed by atoms with van der Waals surface area (Å²) in [5.74, 6) is 0.326. The van der Waals surface area contributed by atoms with E-state index in [0.717, 1.165) is 0 Å². The number of Topliss-reactive ketones (excluding diaryl/α,β-unsaturated/α-hetero) is 1. The Balaban J connectivity index is 2.02. The lowest BCUT2D eigenvalue weighted by atomic mass is 10.1. The van der Waals surface area contributed by atoms with Crippen molar-refractivity contribution in [1.82, 2.24) is 14.5 Å². The number of amides is 1. The highest BCUT2D eigenvalue weighted by atomic mass is 16.6. The Morgan fingerprint density at radius 2 is 1.92 bits per heavy atom. The molecule has 7 nitrogen and oxygen atoms in total. The largest absolute Gasteiger partial charge is 0.444 e. The van der Waals surface area contributed by atoms with Crippen molar-refractivity contribution in [3.63, 3.8) is 0 Å². The Bertz CT molecular complexity index is 924. The van der Waals surface area contributed by atoms with Gasteiger partial charge < -0.3 is 4.74 Å². The van der Waals surface area contributed by atoms with E-state index in [-0.39, 0.29) is 17.9 Å². The summed E-state index contributed by atoms with van der Waals surface area (Å²) in [6.07, 6.45) is -0.425. The van der Waals surface area contributed by atoms with Crippen molar-refractivity contribution >= 4 is 22.8 Å². The summed E-state index contributed by atoms with van der Waals surface area (Å²) in [6.45, 7) is 7.74. The summed E-state index contributed by atoms with van der Waals surface area (Å²) in [5, 5.41) is 0.337. The highest BCUT2D eigenvalue weighted by Gasteiger charge is 2.28. The summed E-state index contributed by atoms with van der Waals surface area (Å²) < 4.78 is 6.93. The van der Waals surface area contributed by atoms with E-state index in [9.17, 15) is 14.4 Å². The van der Waals surface area contributed by atoms with E-state index >= 15 is 0 Å². The lowest BCUT2D eigenvalue weighted by Crippen LogP contribution is -2.45. The first-order chi connectivity index (χ1) is 11.7. The third-order valence-corrected chi connectivity index (χ3v) is 4.02. The molecule has 0 fully saturated rings. The highest BCUT2D eigenvalue weighted by Crippen LogP contribution is 2.19. The molecule has 0 radical (unpaired) electrons. The second kappa shape index (κ2) is 5.98.